The molecule has 2 rings (SSSR count). The van der Waals surface area contributed by atoms with E-state index in [0.29, 0.717) is 17.5 Å². The first-order valence-electron chi connectivity index (χ1n) is 8.48. The Morgan fingerprint density at radius 2 is 1.92 bits per heavy atom. The molecule has 0 aromatic carbocycles. The zero-order chi connectivity index (χ0) is 18.6. The van der Waals surface area contributed by atoms with Crippen molar-refractivity contribution < 1.29 is 24.2 Å². The topological polar surface area (TPSA) is 97.8 Å². The van der Waals surface area contributed by atoms with Gasteiger partial charge >= 0.3 is 12.1 Å². The predicted octanol–water partition coefficient (Wildman–Crippen LogP) is 3.61. The molecule has 1 saturated carbocycles. The van der Waals surface area contributed by atoms with Crippen LogP contribution in [0.5, 0.6) is 5.88 Å². The average molecular weight is 370 g/mol. The molecule has 7 nitrogen and oxygen atoms in total. The molecule has 1 fully saturated rings. The van der Waals surface area contributed by atoms with Gasteiger partial charge in [-0.05, 0) is 59.3 Å². The molecule has 1 aliphatic carbocycles. The van der Waals surface area contributed by atoms with E-state index < -0.39 is 17.7 Å². The number of aryl methyl sites for hydroxylation is 1. The number of alkyl carbamates (subject to hydrolysis) is 1. The summed E-state index contributed by atoms with van der Waals surface area (Å²) < 4.78 is 11.0. The molecule has 2 N–H and O–H groups in total. The Bertz CT molecular complexity index is 615. The Kier molecular flexibility index (Phi) is 6.26. The molecule has 1 heterocycles. The lowest BCUT2D eigenvalue weighted by Crippen LogP contribution is -2.37. The number of ether oxygens (including phenoxy) is 2. The van der Waals surface area contributed by atoms with Crippen molar-refractivity contribution in [2.24, 2.45) is 5.92 Å². The lowest BCUT2D eigenvalue weighted by atomic mass is 9.87. The van der Waals surface area contributed by atoms with Gasteiger partial charge in [0.15, 0.2) is 4.88 Å². The summed E-state index contributed by atoms with van der Waals surface area (Å²) in [5.41, 5.74) is -0.497. The van der Waals surface area contributed by atoms with Crippen molar-refractivity contribution in [3.8, 4) is 5.88 Å². The van der Waals surface area contributed by atoms with Gasteiger partial charge in [0.2, 0.25) is 5.88 Å². The van der Waals surface area contributed by atoms with Crippen molar-refractivity contribution in [3.63, 3.8) is 0 Å². The second-order valence-corrected chi connectivity index (χ2v) is 8.52. The minimum atomic E-state index is -1.00. The first-order chi connectivity index (χ1) is 11.6. The number of nitrogens with one attached hydrogen (secondary N) is 1. The summed E-state index contributed by atoms with van der Waals surface area (Å²) >= 11 is 1.13. The van der Waals surface area contributed by atoms with Crippen molar-refractivity contribution in [1.29, 1.82) is 0 Å². The number of rotatable bonds is 5. The van der Waals surface area contributed by atoms with Crippen LogP contribution in [0.15, 0.2) is 0 Å². The van der Waals surface area contributed by atoms with Crippen LogP contribution in [-0.4, -0.2) is 40.4 Å². The van der Waals surface area contributed by atoms with E-state index in [1.54, 1.807) is 6.92 Å². The van der Waals surface area contributed by atoms with Crippen molar-refractivity contribution in [3.05, 3.63) is 9.88 Å². The van der Waals surface area contributed by atoms with Gasteiger partial charge in [-0.15, -0.1) is 11.3 Å². The Morgan fingerprint density at radius 3 is 2.48 bits per heavy atom. The molecule has 0 radical (unpaired) electrons. The van der Waals surface area contributed by atoms with Crippen molar-refractivity contribution >= 4 is 23.4 Å². The van der Waals surface area contributed by atoms with Gasteiger partial charge in [0, 0.05) is 6.54 Å². The molecule has 0 aliphatic heterocycles. The summed E-state index contributed by atoms with van der Waals surface area (Å²) in [4.78, 5) is 27.2. The SMILES string of the molecule is Cc1nc(OC2CCC(CNC(=O)OC(C)(C)C)CC2)c(C(=O)O)s1. The third-order valence-electron chi connectivity index (χ3n) is 3.90. The summed E-state index contributed by atoms with van der Waals surface area (Å²) in [5.74, 6) is -0.398. The van der Waals surface area contributed by atoms with Gasteiger partial charge in [0.1, 0.15) is 11.7 Å². The molecule has 0 saturated heterocycles. The van der Waals surface area contributed by atoms with Gasteiger partial charge in [-0.1, -0.05) is 0 Å². The summed E-state index contributed by atoms with van der Waals surface area (Å²) in [7, 11) is 0. The Labute approximate surface area is 151 Å². The Balaban J connectivity index is 1.77. The molecule has 0 bridgehead atoms. The molecule has 1 aromatic rings. The van der Waals surface area contributed by atoms with Gasteiger partial charge in [0.25, 0.3) is 0 Å². The monoisotopic (exact) mass is 370 g/mol. The van der Waals surface area contributed by atoms with E-state index in [9.17, 15) is 14.7 Å². The van der Waals surface area contributed by atoms with Crippen molar-refractivity contribution in [2.45, 2.75) is 65.1 Å². The number of carbonyl (C=O) groups excluding carboxylic acids is 1. The van der Waals surface area contributed by atoms with Gasteiger partial charge < -0.3 is 19.9 Å². The summed E-state index contributed by atoms with van der Waals surface area (Å²) in [6.45, 7) is 7.85. The maximum Gasteiger partial charge on any atom is 0.407 e. The fraction of sp³-hybridized carbons (Fsp3) is 0.706. The van der Waals surface area contributed by atoms with E-state index >= 15 is 0 Å². The zero-order valence-electron chi connectivity index (χ0n) is 15.1. The molecule has 1 aromatic heterocycles. The van der Waals surface area contributed by atoms with E-state index in [1.807, 2.05) is 20.8 Å². The van der Waals surface area contributed by atoms with Crippen LogP contribution in [0.4, 0.5) is 4.79 Å². The van der Waals surface area contributed by atoms with Crippen LogP contribution in [0.25, 0.3) is 0 Å². The van der Waals surface area contributed by atoms with Gasteiger partial charge in [-0.2, -0.15) is 0 Å². The number of hydrogen-bond donors (Lipinski definition) is 2. The van der Waals surface area contributed by atoms with Crippen molar-refractivity contribution in [1.82, 2.24) is 10.3 Å². The van der Waals surface area contributed by atoms with Crippen LogP contribution >= 0.6 is 11.3 Å². The lowest BCUT2D eigenvalue weighted by Gasteiger charge is -2.29. The molecule has 1 amide bonds. The predicted molar refractivity (Wildman–Crippen MR) is 94.4 cm³/mol. The minimum absolute atomic E-state index is 0.0302. The largest absolute Gasteiger partial charge is 0.477 e. The quantitative estimate of drug-likeness (QED) is 0.822. The smallest absolute Gasteiger partial charge is 0.407 e. The molecule has 0 atom stereocenters. The second-order valence-electron chi connectivity index (χ2n) is 7.32. The highest BCUT2D eigenvalue weighted by atomic mass is 32.1. The first-order valence-corrected chi connectivity index (χ1v) is 9.30. The molecule has 8 heteroatoms. The molecule has 1 aliphatic rings. The van der Waals surface area contributed by atoms with Crippen LogP contribution in [0.2, 0.25) is 0 Å². The van der Waals surface area contributed by atoms with Crippen LogP contribution in [0.1, 0.15) is 61.1 Å². The van der Waals surface area contributed by atoms with Gasteiger partial charge in [-0.25, -0.2) is 14.6 Å². The number of aromatic nitrogens is 1. The third kappa shape index (κ3) is 6.19. The molecular weight excluding hydrogens is 344 g/mol. The average Bonchev–Trinajstić information content (AvgIpc) is 2.86. The van der Waals surface area contributed by atoms with Gasteiger partial charge in [-0.3, -0.25) is 0 Å². The molecular formula is C17H26N2O5S. The molecule has 140 valence electrons. The normalized spacial score (nSPS) is 20.8. The minimum Gasteiger partial charge on any atom is -0.477 e. The molecule has 25 heavy (non-hydrogen) atoms. The zero-order valence-corrected chi connectivity index (χ0v) is 15.9. The maximum atomic E-state index is 11.7. The van der Waals surface area contributed by atoms with E-state index in [2.05, 4.69) is 10.3 Å². The number of amides is 1. The molecule has 0 spiro atoms. The number of carboxylic acid groups (broad SMARTS) is 1. The van der Waals surface area contributed by atoms with Crippen LogP contribution in [0, 0.1) is 12.8 Å². The van der Waals surface area contributed by atoms with E-state index in [0.717, 1.165) is 37.0 Å². The second kappa shape index (κ2) is 8.03. The third-order valence-corrected chi connectivity index (χ3v) is 4.84. The Morgan fingerprint density at radius 1 is 1.28 bits per heavy atom. The number of thiazole rings is 1. The van der Waals surface area contributed by atoms with Crippen LogP contribution in [-0.2, 0) is 4.74 Å². The molecule has 0 unspecified atom stereocenters. The fourth-order valence-corrected chi connectivity index (χ4v) is 3.47. The number of carboxylic acids is 1. The highest BCUT2D eigenvalue weighted by molar-refractivity contribution is 7.13. The fourth-order valence-electron chi connectivity index (χ4n) is 2.78. The standard InChI is InChI=1S/C17H26N2O5S/c1-10-19-14(13(25-10)15(20)21)23-12-7-5-11(6-8-12)9-18-16(22)24-17(2,3)4/h11-12H,5-9H2,1-4H3,(H,18,22)(H,20,21). The summed E-state index contributed by atoms with van der Waals surface area (Å²) in [6, 6.07) is 0. The van der Waals surface area contributed by atoms with Crippen LogP contribution < -0.4 is 10.1 Å². The summed E-state index contributed by atoms with van der Waals surface area (Å²) in [5, 5.41) is 12.7. The van der Waals surface area contributed by atoms with E-state index in [1.165, 1.54) is 0 Å². The number of aromatic carboxylic acids is 1. The summed E-state index contributed by atoms with van der Waals surface area (Å²) in [6.07, 6.45) is 3.03. The number of hydrogen-bond acceptors (Lipinski definition) is 6. The Hall–Kier alpha value is -1.83. The van der Waals surface area contributed by atoms with Gasteiger partial charge in [0.05, 0.1) is 5.01 Å². The highest BCUT2D eigenvalue weighted by Gasteiger charge is 2.26. The maximum absolute atomic E-state index is 11.7. The number of nitrogens with zero attached hydrogens (tertiary/aromatic N) is 1. The van der Waals surface area contributed by atoms with Crippen LogP contribution in [0.3, 0.4) is 0 Å². The van der Waals surface area contributed by atoms with Crippen molar-refractivity contribution in [2.75, 3.05) is 6.54 Å². The van der Waals surface area contributed by atoms with E-state index in [4.69, 9.17) is 9.47 Å². The highest BCUT2D eigenvalue weighted by Crippen LogP contribution is 2.31. The van der Waals surface area contributed by atoms with E-state index in [-0.39, 0.29) is 16.9 Å². The first kappa shape index (κ1) is 19.5. The lowest BCUT2D eigenvalue weighted by molar-refractivity contribution is 0.0507. The number of carbonyl (C=O) groups is 2.